The number of aliphatic carboxylic acids is 1. The van der Waals surface area contributed by atoms with Gasteiger partial charge in [-0.3, -0.25) is 9.69 Å². The van der Waals surface area contributed by atoms with Crippen molar-refractivity contribution in [3.63, 3.8) is 0 Å². The number of carbonyl (C=O) groups is 1. The first-order chi connectivity index (χ1) is 10.6. The molecule has 1 N–H and O–H groups in total. The zero-order valence-electron chi connectivity index (χ0n) is 12.8. The van der Waals surface area contributed by atoms with Gasteiger partial charge < -0.3 is 9.52 Å². The number of aryl methyl sites for hydroxylation is 1. The average molecular weight is 299 g/mol. The van der Waals surface area contributed by atoms with Crippen LogP contribution in [0.25, 0.3) is 11.0 Å². The molecule has 116 valence electrons. The summed E-state index contributed by atoms with van der Waals surface area (Å²) in [5.74, 6) is 0.650. The van der Waals surface area contributed by atoms with Gasteiger partial charge in [0.1, 0.15) is 11.3 Å². The number of fused-ring (bicyclic) bond motifs is 2. The Balaban J connectivity index is 1.62. The Morgan fingerprint density at radius 1 is 1.45 bits per heavy atom. The minimum atomic E-state index is -0.605. The van der Waals surface area contributed by atoms with Crippen LogP contribution in [-0.2, 0) is 11.3 Å². The van der Waals surface area contributed by atoms with Gasteiger partial charge in [-0.15, -0.1) is 0 Å². The molecule has 2 aliphatic rings. The molecule has 1 aliphatic carbocycles. The highest BCUT2D eigenvalue weighted by Gasteiger charge is 2.54. The number of rotatable bonds is 3. The van der Waals surface area contributed by atoms with E-state index in [1.807, 2.05) is 25.1 Å². The van der Waals surface area contributed by atoms with Crippen molar-refractivity contribution in [2.75, 3.05) is 13.1 Å². The van der Waals surface area contributed by atoms with Crippen LogP contribution in [0.4, 0.5) is 0 Å². The lowest BCUT2D eigenvalue weighted by Crippen LogP contribution is -2.35. The van der Waals surface area contributed by atoms with Gasteiger partial charge in [0.2, 0.25) is 0 Å². The largest absolute Gasteiger partial charge is 0.481 e. The van der Waals surface area contributed by atoms with E-state index in [1.54, 1.807) is 0 Å². The van der Waals surface area contributed by atoms with Crippen molar-refractivity contribution in [1.29, 1.82) is 0 Å². The third-order valence-corrected chi connectivity index (χ3v) is 5.65. The summed E-state index contributed by atoms with van der Waals surface area (Å²) in [5, 5.41) is 10.9. The van der Waals surface area contributed by atoms with E-state index in [2.05, 4.69) is 11.0 Å². The number of hydrogen-bond acceptors (Lipinski definition) is 3. The highest BCUT2D eigenvalue weighted by atomic mass is 16.4. The van der Waals surface area contributed by atoms with E-state index in [1.165, 1.54) is 5.56 Å². The normalized spacial score (nSPS) is 28.3. The number of carboxylic acid groups (broad SMARTS) is 1. The van der Waals surface area contributed by atoms with Gasteiger partial charge in [-0.25, -0.2) is 0 Å². The van der Waals surface area contributed by atoms with E-state index < -0.39 is 11.4 Å². The molecule has 0 radical (unpaired) electrons. The van der Waals surface area contributed by atoms with E-state index in [9.17, 15) is 9.90 Å². The number of nitrogens with zero attached hydrogens (tertiary/aromatic N) is 1. The van der Waals surface area contributed by atoms with Crippen LogP contribution in [0.5, 0.6) is 0 Å². The molecule has 2 aromatic rings. The molecule has 0 spiro atoms. The van der Waals surface area contributed by atoms with Crippen molar-refractivity contribution in [3.8, 4) is 0 Å². The molecule has 22 heavy (non-hydrogen) atoms. The van der Waals surface area contributed by atoms with Crippen molar-refractivity contribution in [2.45, 2.75) is 32.7 Å². The zero-order chi connectivity index (χ0) is 15.3. The van der Waals surface area contributed by atoms with E-state index in [-0.39, 0.29) is 0 Å². The summed E-state index contributed by atoms with van der Waals surface area (Å²) in [4.78, 5) is 14.1. The van der Waals surface area contributed by atoms with Gasteiger partial charge in [-0.05, 0) is 31.7 Å². The number of furan rings is 1. The maximum Gasteiger partial charge on any atom is 0.311 e. The SMILES string of the molecule is Cc1oc2ccccc2c1CN1C[C@@H]2CCC[C@@]2(C(=O)O)C1. The lowest BCUT2D eigenvalue weighted by atomic mass is 9.81. The highest BCUT2D eigenvalue weighted by molar-refractivity contribution is 5.82. The fourth-order valence-corrected chi connectivity index (χ4v) is 4.50. The lowest BCUT2D eigenvalue weighted by Gasteiger charge is -2.23. The molecule has 0 unspecified atom stereocenters. The topological polar surface area (TPSA) is 53.7 Å². The first-order valence-corrected chi connectivity index (χ1v) is 8.03. The van der Waals surface area contributed by atoms with Crippen LogP contribution < -0.4 is 0 Å². The van der Waals surface area contributed by atoms with Gasteiger partial charge >= 0.3 is 5.97 Å². The third kappa shape index (κ3) is 1.90. The maximum atomic E-state index is 11.8. The summed E-state index contributed by atoms with van der Waals surface area (Å²) in [6.45, 7) is 4.35. The van der Waals surface area contributed by atoms with E-state index in [0.29, 0.717) is 12.5 Å². The molecule has 2 heterocycles. The molecule has 1 aliphatic heterocycles. The van der Waals surface area contributed by atoms with Crippen molar-refractivity contribution < 1.29 is 14.3 Å². The molecule has 1 aromatic carbocycles. The summed E-state index contributed by atoms with van der Waals surface area (Å²) in [5.41, 5.74) is 1.62. The van der Waals surface area contributed by atoms with Crippen LogP contribution in [0.15, 0.2) is 28.7 Å². The summed E-state index contributed by atoms with van der Waals surface area (Å²) in [7, 11) is 0. The molecule has 0 bridgehead atoms. The van der Waals surface area contributed by atoms with E-state index >= 15 is 0 Å². The minimum Gasteiger partial charge on any atom is -0.481 e. The van der Waals surface area contributed by atoms with Crippen LogP contribution in [-0.4, -0.2) is 29.1 Å². The molecular weight excluding hydrogens is 278 g/mol. The zero-order valence-corrected chi connectivity index (χ0v) is 12.8. The van der Waals surface area contributed by atoms with Gasteiger partial charge in [-0.2, -0.15) is 0 Å². The Hall–Kier alpha value is -1.81. The summed E-state index contributed by atoms with van der Waals surface area (Å²) in [6.07, 6.45) is 2.93. The first-order valence-electron chi connectivity index (χ1n) is 8.03. The van der Waals surface area contributed by atoms with E-state index in [4.69, 9.17) is 4.42 Å². The Morgan fingerprint density at radius 3 is 3.05 bits per heavy atom. The molecule has 1 saturated carbocycles. The Kier molecular flexibility index (Phi) is 3.05. The van der Waals surface area contributed by atoms with Crippen molar-refractivity contribution in [2.24, 2.45) is 11.3 Å². The van der Waals surface area contributed by atoms with Crippen molar-refractivity contribution in [3.05, 3.63) is 35.6 Å². The standard InChI is InChI=1S/C18H21NO3/c1-12-15(14-6-2-3-7-16(14)22-12)10-19-9-13-5-4-8-18(13,11-19)17(20)21/h2-3,6-7,13H,4-5,8-11H2,1H3,(H,20,21)/t13-,18+/m0/s1. The van der Waals surface area contributed by atoms with Crippen LogP contribution in [0.3, 0.4) is 0 Å². The van der Waals surface area contributed by atoms with Gasteiger partial charge in [-0.1, -0.05) is 24.6 Å². The molecule has 2 fully saturated rings. The number of para-hydroxylation sites is 1. The quantitative estimate of drug-likeness (QED) is 0.943. The average Bonchev–Trinajstić information content (AvgIpc) is 3.11. The second kappa shape index (κ2) is 4.85. The molecule has 0 amide bonds. The molecule has 4 nitrogen and oxygen atoms in total. The number of hydrogen-bond donors (Lipinski definition) is 1. The fourth-order valence-electron chi connectivity index (χ4n) is 4.50. The van der Waals surface area contributed by atoms with Crippen LogP contribution in [0.1, 0.15) is 30.6 Å². The number of benzene rings is 1. The predicted octanol–water partition coefficient (Wildman–Crippen LogP) is 3.43. The number of likely N-dealkylation sites (tertiary alicyclic amines) is 1. The van der Waals surface area contributed by atoms with Gasteiger partial charge in [0.15, 0.2) is 0 Å². The summed E-state index contributed by atoms with van der Waals surface area (Å²) < 4.78 is 5.83. The maximum absolute atomic E-state index is 11.8. The molecule has 1 saturated heterocycles. The molecule has 4 rings (SSSR count). The summed E-state index contributed by atoms with van der Waals surface area (Å²) in [6, 6.07) is 8.08. The van der Waals surface area contributed by atoms with Crippen molar-refractivity contribution >= 4 is 16.9 Å². The molecule has 2 atom stereocenters. The molecule has 1 aromatic heterocycles. The van der Waals surface area contributed by atoms with Crippen LogP contribution in [0, 0.1) is 18.3 Å². The predicted molar refractivity (Wildman–Crippen MR) is 83.6 cm³/mol. The van der Waals surface area contributed by atoms with Gasteiger partial charge in [0.05, 0.1) is 5.41 Å². The lowest BCUT2D eigenvalue weighted by molar-refractivity contribution is -0.149. The Bertz CT molecular complexity index is 735. The molecular formula is C18H21NO3. The second-order valence-electron chi connectivity index (χ2n) is 6.85. The summed E-state index contributed by atoms with van der Waals surface area (Å²) >= 11 is 0. The first kappa shape index (κ1) is 13.8. The monoisotopic (exact) mass is 299 g/mol. The van der Waals surface area contributed by atoms with E-state index in [0.717, 1.165) is 49.1 Å². The molecule has 4 heteroatoms. The minimum absolute atomic E-state index is 0.309. The van der Waals surface area contributed by atoms with Crippen LogP contribution >= 0.6 is 0 Å². The van der Waals surface area contributed by atoms with Gasteiger partial charge in [0, 0.05) is 30.6 Å². The highest BCUT2D eigenvalue weighted by Crippen LogP contribution is 2.49. The Morgan fingerprint density at radius 2 is 2.27 bits per heavy atom. The third-order valence-electron chi connectivity index (χ3n) is 5.65. The Labute approximate surface area is 129 Å². The van der Waals surface area contributed by atoms with Crippen molar-refractivity contribution in [1.82, 2.24) is 4.90 Å². The second-order valence-corrected chi connectivity index (χ2v) is 6.85. The van der Waals surface area contributed by atoms with Gasteiger partial charge in [0.25, 0.3) is 0 Å². The smallest absolute Gasteiger partial charge is 0.311 e. The van der Waals surface area contributed by atoms with Crippen LogP contribution in [0.2, 0.25) is 0 Å². The fraction of sp³-hybridized carbons (Fsp3) is 0.500. The number of carboxylic acids is 1.